The van der Waals surface area contributed by atoms with Crippen LogP contribution in [0.1, 0.15) is 12.5 Å². The predicted molar refractivity (Wildman–Crippen MR) is 81.7 cm³/mol. The van der Waals surface area contributed by atoms with Crippen LogP contribution in [0.5, 0.6) is 17.4 Å². The summed E-state index contributed by atoms with van der Waals surface area (Å²) in [4.78, 5) is 15.0. The van der Waals surface area contributed by atoms with E-state index < -0.39 is 12.3 Å². The Balaban J connectivity index is 1.83. The number of alkyl halides is 3. The van der Waals surface area contributed by atoms with Crippen molar-refractivity contribution in [2.24, 2.45) is 0 Å². The van der Waals surface area contributed by atoms with Gasteiger partial charge in [-0.05, 0) is 35.9 Å². The summed E-state index contributed by atoms with van der Waals surface area (Å²) in [5, 5.41) is 4.02. The molecule has 0 aliphatic heterocycles. The van der Waals surface area contributed by atoms with Crippen LogP contribution in [0, 0.1) is 0 Å². The Kier molecular flexibility index (Phi) is 4.65. The number of hydrogen-bond acceptors (Lipinski definition) is 6. The molecule has 0 bridgehead atoms. The van der Waals surface area contributed by atoms with E-state index >= 15 is 0 Å². The number of ether oxygens (including phenoxy) is 3. The van der Waals surface area contributed by atoms with Gasteiger partial charge in [-0.15, -0.1) is 13.2 Å². The summed E-state index contributed by atoms with van der Waals surface area (Å²) in [5.74, 6) is -0.277. The monoisotopic (exact) mass is 367 g/mol. The second-order valence-electron chi connectivity index (χ2n) is 5.13. The Morgan fingerprint density at radius 3 is 2.50 bits per heavy atom. The zero-order chi connectivity index (χ0) is 18.7. The average molecular weight is 367 g/mol. The smallest absolute Gasteiger partial charge is 0.461 e. The zero-order valence-electron chi connectivity index (χ0n) is 13.4. The molecule has 0 saturated heterocycles. The van der Waals surface area contributed by atoms with Crippen molar-refractivity contribution < 1.29 is 32.2 Å². The van der Waals surface area contributed by atoms with Crippen LogP contribution in [0.2, 0.25) is 0 Å². The van der Waals surface area contributed by atoms with Crippen LogP contribution in [0.15, 0.2) is 42.7 Å². The number of halogens is 3. The topological polar surface area (TPSA) is 75.0 Å². The molecule has 26 heavy (non-hydrogen) atoms. The molecule has 0 saturated carbocycles. The van der Waals surface area contributed by atoms with E-state index in [1.54, 1.807) is 12.1 Å². The van der Waals surface area contributed by atoms with Gasteiger partial charge in [-0.1, -0.05) is 0 Å². The van der Waals surface area contributed by atoms with E-state index in [0.29, 0.717) is 11.2 Å². The summed E-state index contributed by atoms with van der Waals surface area (Å²) >= 11 is 0. The Labute approximate surface area is 144 Å². The third kappa shape index (κ3) is 4.41. The molecule has 0 aliphatic carbocycles. The lowest BCUT2D eigenvalue weighted by Crippen LogP contribution is -2.16. The molecule has 3 aromatic rings. The van der Waals surface area contributed by atoms with Gasteiger partial charge < -0.3 is 14.2 Å². The lowest BCUT2D eigenvalue weighted by molar-refractivity contribution is -0.274. The number of hydrogen-bond donors (Lipinski definition) is 0. The lowest BCUT2D eigenvalue weighted by Gasteiger charge is -2.11. The van der Waals surface area contributed by atoms with Crippen LogP contribution in [-0.4, -0.2) is 26.9 Å². The van der Waals surface area contributed by atoms with Gasteiger partial charge in [-0.25, -0.2) is 4.98 Å². The highest BCUT2D eigenvalue weighted by Gasteiger charge is 2.31. The minimum Gasteiger partial charge on any atom is -0.461 e. The first-order chi connectivity index (χ1) is 12.3. The molecule has 10 heteroatoms. The second kappa shape index (κ2) is 6.90. The SMILES string of the molecule is CC(=O)OCc1cc(Oc2ccc(OC(F)(F)F)cc2)n2ncnc2c1. The van der Waals surface area contributed by atoms with Crippen LogP contribution < -0.4 is 9.47 Å². The number of fused-ring (bicyclic) bond motifs is 1. The molecule has 3 rings (SSSR count). The molecule has 136 valence electrons. The number of rotatable bonds is 5. The number of pyridine rings is 1. The van der Waals surface area contributed by atoms with E-state index in [-0.39, 0.29) is 24.0 Å². The van der Waals surface area contributed by atoms with Crippen LogP contribution in [0.25, 0.3) is 5.65 Å². The Bertz CT molecular complexity index is 923. The molecule has 0 fully saturated rings. The van der Waals surface area contributed by atoms with Gasteiger partial charge in [0.05, 0.1) is 0 Å². The van der Waals surface area contributed by atoms with Gasteiger partial charge in [0.25, 0.3) is 0 Å². The largest absolute Gasteiger partial charge is 0.573 e. The van der Waals surface area contributed by atoms with Crippen molar-refractivity contribution in [1.82, 2.24) is 14.6 Å². The van der Waals surface area contributed by atoms with Crippen molar-refractivity contribution in [1.29, 1.82) is 0 Å². The normalized spacial score (nSPS) is 11.4. The number of carbonyl (C=O) groups excluding carboxylic acids is 1. The van der Waals surface area contributed by atoms with Crippen molar-refractivity contribution in [3.8, 4) is 17.4 Å². The summed E-state index contributed by atoms with van der Waals surface area (Å²) in [6, 6.07) is 8.16. The first-order valence-electron chi connectivity index (χ1n) is 7.30. The number of nitrogens with zero attached hydrogens (tertiary/aromatic N) is 3. The Hall–Kier alpha value is -3.30. The number of esters is 1. The first-order valence-corrected chi connectivity index (χ1v) is 7.30. The molecule has 0 atom stereocenters. The van der Waals surface area contributed by atoms with Crippen molar-refractivity contribution >= 4 is 11.6 Å². The maximum Gasteiger partial charge on any atom is 0.573 e. The molecule has 0 amide bonds. The maximum absolute atomic E-state index is 12.2. The average Bonchev–Trinajstić information content (AvgIpc) is 3.02. The van der Waals surface area contributed by atoms with Crippen LogP contribution in [-0.2, 0) is 16.1 Å². The highest BCUT2D eigenvalue weighted by atomic mass is 19.4. The maximum atomic E-state index is 12.2. The molecule has 1 aromatic carbocycles. The van der Waals surface area contributed by atoms with E-state index in [1.165, 1.54) is 29.9 Å². The van der Waals surface area contributed by atoms with Gasteiger partial charge in [0.2, 0.25) is 5.88 Å². The highest BCUT2D eigenvalue weighted by molar-refractivity contribution is 5.66. The molecule has 0 aliphatic rings. The van der Waals surface area contributed by atoms with E-state index in [1.807, 2.05) is 0 Å². The lowest BCUT2D eigenvalue weighted by atomic mass is 10.2. The van der Waals surface area contributed by atoms with Gasteiger partial charge >= 0.3 is 12.3 Å². The van der Waals surface area contributed by atoms with E-state index in [2.05, 4.69) is 14.8 Å². The third-order valence-electron chi connectivity index (χ3n) is 3.13. The summed E-state index contributed by atoms with van der Waals surface area (Å²) < 4.78 is 52.4. The molecule has 0 N–H and O–H groups in total. The second-order valence-corrected chi connectivity index (χ2v) is 5.13. The zero-order valence-corrected chi connectivity index (χ0v) is 13.4. The van der Waals surface area contributed by atoms with Crippen molar-refractivity contribution in [3.05, 3.63) is 48.3 Å². The van der Waals surface area contributed by atoms with Gasteiger partial charge in [-0.2, -0.15) is 9.61 Å². The van der Waals surface area contributed by atoms with E-state index in [4.69, 9.17) is 9.47 Å². The molecular weight excluding hydrogens is 355 g/mol. The fourth-order valence-electron chi connectivity index (χ4n) is 2.12. The fraction of sp³-hybridized carbons (Fsp3) is 0.188. The van der Waals surface area contributed by atoms with E-state index in [9.17, 15) is 18.0 Å². The summed E-state index contributed by atoms with van der Waals surface area (Å²) in [6.07, 6.45) is -3.45. The standard InChI is InChI=1S/C16H12F3N3O4/c1-10(23)24-8-11-6-14-20-9-21-22(14)15(7-11)25-12-2-4-13(5-3-12)26-16(17,18)19/h2-7,9H,8H2,1H3. The van der Waals surface area contributed by atoms with Gasteiger partial charge in [0.15, 0.2) is 5.65 Å². The van der Waals surface area contributed by atoms with Crippen molar-refractivity contribution in [2.75, 3.05) is 0 Å². The van der Waals surface area contributed by atoms with E-state index in [0.717, 1.165) is 12.1 Å². The van der Waals surface area contributed by atoms with Crippen LogP contribution in [0.3, 0.4) is 0 Å². The fourth-order valence-corrected chi connectivity index (χ4v) is 2.12. The molecule has 0 radical (unpaired) electrons. The predicted octanol–water partition coefficient (Wildman–Crippen LogP) is 3.48. The highest BCUT2D eigenvalue weighted by Crippen LogP contribution is 2.28. The van der Waals surface area contributed by atoms with Crippen LogP contribution in [0.4, 0.5) is 13.2 Å². The molecule has 2 aromatic heterocycles. The molecular formula is C16H12F3N3O4. The summed E-state index contributed by atoms with van der Waals surface area (Å²) in [6.45, 7) is 1.31. The Morgan fingerprint density at radius 2 is 1.85 bits per heavy atom. The summed E-state index contributed by atoms with van der Waals surface area (Å²) in [7, 11) is 0. The Morgan fingerprint density at radius 1 is 1.15 bits per heavy atom. The van der Waals surface area contributed by atoms with Gasteiger partial charge in [-0.3, -0.25) is 4.79 Å². The van der Waals surface area contributed by atoms with Crippen molar-refractivity contribution in [2.45, 2.75) is 19.9 Å². The van der Waals surface area contributed by atoms with Gasteiger partial charge in [0, 0.05) is 13.0 Å². The summed E-state index contributed by atoms with van der Waals surface area (Å²) in [5.41, 5.74) is 1.08. The van der Waals surface area contributed by atoms with Gasteiger partial charge in [0.1, 0.15) is 24.4 Å². The van der Waals surface area contributed by atoms with Crippen molar-refractivity contribution in [3.63, 3.8) is 0 Å². The molecule has 0 spiro atoms. The quantitative estimate of drug-likeness (QED) is 0.643. The first kappa shape index (κ1) is 17.5. The number of benzene rings is 1. The third-order valence-corrected chi connectivity index (χ3v) is 3.13. The number of carbonyl (C=O) groups is 1. The minimum absolute atomic E-state index is 0.0212. The van der Waals surface area contributed by atoms with Crippen LogP contribution >= 0.6 is 0 Å². The minimum atomic E-state index is -4.76. The molecule has 2 heterocycles. The molecule has 7 nitrogen and oxygen atoms in total. The number of aromatic nitrogens is 3. The molecule has 0 unspecified atom stereocenters.